The molecular formula is C31H34N8O3. The number of hydrogen-bond acceptors (Lipinski definition) is 6. The molecule has 2 aliphatic heterocycles. The number of aromatic nitrogens is 3. The Kier molecular flexibility index (Phi) is 7.58. The summed E-state index contributed by atoms with van der Waals surface area (Å²) in [5, 5.41) is 14.7. The number of hydrazine groups is 1. The van der Waals surface area contributed by atoms with Crippen LogP contribution >= 0.6 is 0 Å². The van der Waals surface area contributed by atoms with Crippen molar-refractivity contribution in [2.45, 2.75) is 38.6 Å². The van der Waals surface area contributed by atoms with Gasteiger partial charge in [-0.1, -0.05) is 78.9 Å². The monoisotopic (exact) mass is 566 g/mol. The van der Waals surface area contributed by atoms with Crippen molar-refractivity contribution in [3.8, 4) is 0 Å². The zero-order chi connectivity index (χ0) is 29.2. The van der Waals surface area contributed by atoms with Crippen molar-refractivity contribution in [1.29, 1.82) is 0 Å². The third-order valence-corrected chi connectivity index (χ3v) is 7.89. The van der Waals surface area contributed by atoms with Crippen LogP contribution < -0.4 is 5.32 Å². The Morgan fingerprint density at radius 2 is 1.74 bits per heavy atom. The number of hydrogen-bond donors (Lipinski definition) is 1. The molecule has 2 saturated heterocycles. The van der Waals surface area contributed by atoms with Crippen LogP contribution in [0.2, 0.25) is 0 Å². The number of piperazine rings is 1. The number of nitrogens with zero attached hydrogens (tertiary/aromatic N) is 7. The second-order valence-electron chi connectivity index (χ2n) is 10.7. The van der Waals surface area contributed by atoms with E-state index in [0.717, 1.165) is 27.7 Å². The molecule has 0 unspecified atom stereocenters. The molecule has 3 aromatic carbocycles. The molecule has 3 heterocycles. The fourth-order valence-corrected chi connectivity index (χ4v) is 5.86. The molecule has 4 aromatic rings. The van der Waals surface area contributed by atoms with Gasteiger partial charge in [-0.05, 0) is 35.2 Å². The van der Waals surface area contributed by atoms with E-state index in [-0.39, 0.29) is 30.9 Å². The molecule has 11 heteroatoms. The predicted molar refractivity (Wildman–Crippen MR) is 156 cm³/mol. The van der Waals surface area contributed by atoms with Gasteiger partial charge in [0, 0.05) is 26.7 Å². The van der Waals surface area contributed by atoms with E-state index in [9.17, 15) is 14.4 Å². The van der Waals surface area contributed by atoms with Crippen molar-refractivity contribution in [2.24, 2.45) is 7.05 Å². The van der Waals surface area contributed by atoms with E-state index in [0.29, 0.717) is 26.1 Å². The number of carbonyl (C=O) groups is 3. The van der Waals surface area contributed by atoms with Crippen molar-refractivity contribution in [3.63, 3.8) is 0 Å². The summed E-state index contributed by atoms with van der Waals surface area (Å²) >= 11 is 0. The summed E-state index contributed by atoms with van der Waals surface area (Å²) in [7, 11) is 1.83. The Balaban J connectivity index is 1.31. The zero-order valence-electron chi connectivity index (χ0n) is 23.8. The lowest BCUT2D eigenvalue weighted by molar-refractivity contribution is -0.158. The summed E-state index contributed by atoms with van der Waals surface area (Å²) in [5.74, 6) is -0.326. The van der Waals surface area contributed by atoms with Crippen LogP contribution in [-0.2, 0) is 29.7 Å². The van der Waals surface area contributed by atoms with Crippen LogP contribution in [0.5, 0.6) is 0 Å². The molecule has 0 spiro atoms. The van der Waals surface area contributed by atoms with Gasteiger partial charge in [-0.2, -0.15) is 5.01 Å². The van der Waals surface area contributed by atoms with Gasteiger partial charge in [0.25, 0.3) is 5.91 Å². The highest BCUT2D eigenvalue weighted by molar-refractivity contribution is 5.92. The molecule has 0 bridgehead atoms. The molecule has 2 aliphatic rings. The van der Waals surface area contributed by atoms with Crippen LogP contribution in [0.15, 0.2) is 78.9 Å². The number of benzene rings is 3. The summed E-state index contributed by atoms with van der Waals surface area (Å²) in [6.07, 6.45) is 0.205. The first kappa shape index (κ1) is 27.4. The lowest BCUT2D eigenvalue weighted by atomic mass is 10.00. The first-order valence-electron chi connectivity index (χ1n) is 14.2. The molecule has 11 nitrogen and oxygen atoms in total. The van der Waals surface area contributed by atoms with Gasteiger partial charge in [-0.15, -0.1) is 5.10 Å². The predicted octanol–water partition coefficient (Wildman–Crippen LogP) is 3.06. The average Bonchev–Trinajstić information content (AvgIpc) is 3.54. The topological polar surface area (TPSA) is 107 Å². The molecule has 2 fully saturated rings. The molecule has 0 radical (unpaired) electrons. The van der Waals surface area contributed by atoms with Gasteiger partial charge < -0.3 is 15.1 Å². The SMILES string of the molecule is CCCN(C(=O)NCc1ccccc1)N1CC(=O)N2[C@@H](c3ccccc3)C(=O)N(Cc3ccc4nnn(C)c4c3)C[C@@H]21. The van der Waals surface area contributed by atoms with Gasteiger partial charge in [-0.3, -0.25) is 14.6 Å². The summed E-state index contributed by atoms with van der Waals surface area (Å²) in [6.45, 7) is 3.44. The molecule has 42 heavy (non-hydrogen) atoms. The molecule has 2 atom stereocenters. The Hall–Kier alpha value is -4.77. The lowest BCUT2D eigenvalue weighted by Crippen LogP contribution is -2.62. The van der Waals surface area contributed by atoms with Gasteiger partial charge in [-0.25, -0.2) is 9.48 Å². The van der Waals surface area contributed by atoms with Crippen molar-refractivity contribution < 1.29 is 14.4 Å². The fourth-order valence-electron chi connectivity index (χ4n) is 5.86. The maximum absolute atomic E-state index is 14.1. The maximum atomic E-state index is 14.1. The van der Waals surface area contributed by atoms with Crippen molar-refractivity contribution in [1.82, 2.24) is 40.1 Å². The smallest absolute Gasteiger partial charge is 0.332 e. The standard InChI is InChI=1S/C31H34N8O3/c1-3-16-37(31(42)32-18-22-10-6-4-7-11-22)38-21-28(40)39-27(38)20-36(30(41)29(39)24-12-8-5-9-13-24)19-23-14-15-25-26(17-23)35(2)34-33-25/h4-15,17,27,29H,3,16,18-21H2,1-2H3,(H,32,42)/t27-,29+/m1/s1. The minimum atomic E-state index is -0.791. The molecule has 0 saturated carbocycles. The molecular weight excluding hydrogens is 532 g/mol. The minimum Gasteiger partial charge on any atom is -0.333 e. The van der Waals surface area contributed by atoms with E-state index >= 15 is 0 Å². The fraction of sp³-hybridized carbons (Fsp3) is 0.323. The number of amides is 4. The largest absolute Gasteiger partial charge is 0.333 e. The van der Waals surface area contributed by atoms with E-state index < -0.39 is 12.2 Å². The lowest BCUT2D eigenvalue weighted by Gasteiger charge is -2.46. The first-order valence-corrected chi connectivity index (χ1v) is 14.2. The van der Waals surface area contributed by atoms with Crippen LogP contribution in [0.4, 0.5) is 4.79 Å². The van der Waals surface area contributed by atoms with Crippen LogP contribution in [-0.4, -0.2) is 78.5 Å². The van der Waals surface area contributed by atoms with E-state index in [1.165, 1.54) is 0 Å². The van der Waals surface area contributed by atoms with Crippen molar-refractivity contribution in [3.05, 3.63) is 95.6 Å². The molecule has 4 amide bonds. The summed E-state index contributed by atoms with van der Waals surface area (Å²) < 4.78 is 1.71. The third kappa shape index (κ3) is 5.18. The van der Waals surface area contributed by atoms with Gasteiger partial charge in [0.15, 0.2) is 0 Å². The first-order chi connectivity index (χ1) is 20.4. The summed E-state index contributed by atoms with van der Waals surface area (Å²) in [6, 6.07) is 23.9. The highest BCUT2D eigenvalue weighted by Gasteiger charge is 2.52. The summed E-state index contributed by atoms with van der Waals surface area (Å²) in [5.41, 5.74) is 4.32. The van der Waals surface area contributed by atoms with Crippen molar-refractivity contribution in [2.75, 3.05) is 19.6 Å². The zero-order valence-corrected chi connectivity index (χ0v) is 23.8. The highest BCUT2D eigenvalue weighted by Crippen LogP contribution is 2.36. The number of carbonyl (C=O) groups excluding carboxylic acids is 3. The van der Waals surface area contributed by atoms with Gasteiger partial charge >= 0.3 is 6.03 Å². The number of rotatable bonds is 8. The average molecular weight is 567 g/mol. The summed E-state index contributed by atoms with van der Waals surface area (Å²) in [4.78, 5) is 44.7. The van der Waals surface area contributed by atoms with Crippen LogP contribution in [0.1, 0.15) is 36.1 Å². The third-order valence-electron chi connectivity index (χ3n) is 7.89. The van der Waals surface area contributed by atoms with Crippen LogP contribution in [0.25, 0.3) is 11.0 Å². The Labute approximate surface area is 244 Å². The normalized spacial score (nSPS) is 18.9. The number of fused-ring (bicyclic) bond motifs is 2. The quantitative estimate of drug-likeness (QED) is 0.351. The highest BCUT2D eigenvalue weighted by atomic mass is 16.2. The number of urea groups is 1. The van der Waals surface area contributed by atoms with Gasteiger partial charge in [0.1, 0.15) is 17.7 Å². The molecule has 1 N–H and O–H groups in total. The van der Waals surface area contributed by atoms with Crippen LogP contribution in [0.3, 0.4) is 0 Å². The molecule has 6 rings (SSSR count). The van der Waals surface area contributed by atoms with Crippen molar-refractivity contribution >= 4 is 28.9 Å². The molecule has 216 valence electrons. The van der Waals surface area contributed by atoms with E-state index in [2.05, 4.69) is 15.6 Å². The second-order valence-corrected chi connectivity index (χ2v) is 10.7. The number of nitrogens with one attached hydrogen (secondary N) is 1. The minimum absolute atomic E-state index is 0.0144. The molecule has 0 aliphatic carbocycles. The Bertz CT molecular complexity index is 1590. The van der Waals surface area contributed by atoms with E-state index in [4.69, 9.17) is 0 Å². The van der Waals surface area contributed by atoms with E-state index in [1.807, 2.05) is 97.8 Å². The van der Waals surface area contributed by atoms with Gasteiger partial charge in [0.05, 0.1) is 18.6 Å². The number of aryl methyl sites for hydroxylation is 1. The van der Waals surface area contributed by atoms with Crippen LogP contribution in [0, 0.1) is 0 Å². The second kappa shape index (κ2) is 11.6. The molecule has 1 aromatic heterocycles. The Morgan fingerprint density at radius 3 is 2.48 bits per heavy atom. The van der Waals surface area contributed by atoms with E-state index in [1.54, 1.807) is 19.5 Å². The van der Waals surface area contributed by atoms with Gasteiger partial charge in [0.2, 0.25) is 5.91 Å². The Morgan fingerprint density at radius 1 is 1.00 bits per heavy atom. The maximum Gasteiger partial charge on any atom is 0.332 e.